The molecule has 104 valence electrons. The molecule has 0 spiro atoms. The molecule has 0 aromatic heterocycles. The molecule has 0 aliphatic carbocycles. The number of aliphatic hydroxyl groups is 1. The van der Waals surface area contributed by atoms with Gasteiger partial charge in [0.05, 0.1) is 16.6 Å². The molecule has 1 amide bonds. The second-order valence-electron chi connectivity index (χ2n) is 4.05. The van der Waals surface area contributed by atoms with Crippen LogP contribution in [0.2, 0.25) is 0 Å². The zero-order chi connectivity index (χ0) is 14.4. The average molecular weight is 331 g/mol. The Balaban J connectivity index is 2.78. The quantitative estimate of drug-likeness (QED) is 0.618. The highest BCUT2D eigenvalue weighted by Gasteiger charge is 2.19. The van der Waals surface area contributed by atoms with Gasteiger partial charge >= 0.3 is 0 Å². The van der Waals surface area contributed by atoms with E-state index in [2.05, 4.69) is 21.2 Å². The lowest BCUT2D eigenvalue weighted by Crippen LogP contribution is -2.32. The minimum Gasteiger partial charge on any atom is -0.391 e. The summed E-state index contributed by atoms with van der Waals surface area (Å²) in [6, 6.07) is 4.24. The first kappa shape index (κ1) is 15.6. The number of nitro groups is 1. The van der Waals surface area contributed by atoms with Crippen molar-refractivity contribution in [1.29, 1.82) is 0 Å². The van der Waals surface area contributed by atoms with Crippen molar-refractivity contribution >= 4 is 27.5 Å². The summed E-state index contributed by atoms with van der Waals surface area (Å²) in [5, 5.41) is 22.8. The molecule has 1 atom stereocenters. The molecular weight excluding hydrogens is 316 g/mol. The third-order valence-electron chi connectivity index (χ3n) is 2.54. The molecule has 1 aromatic carbocycles. The maximum atomic E-state index is 11.9. The molecule has 1 rings (SSSR count). The van der Waals surface area contributed by atoms with Crippen molar-refractivity contribution in [2.75, 3.05) is 6.54 Å². The molecule has 2 N–H and O–H groups in total. The average Bonchev–Trinajstić information content (AvgIpc) is 2.36. The number of nitro benzene ring substituents is 1. The fourth-order valence-electron chi connectivity index (χ4n) is 1.58. The molecule has 0 saturated heterocycles. The zero-order valence-electron chi connectivity index (χ0n) is 10.4. The van der Waals surface area contributed by atoms with Crippen molar-refractivity contribution in [2.45, 2.75) is 25.9 Å². The van der Waals surface area contributed by atoms with E-state index in [0.717, 1.165) is 6.42 Å². The smallest absolute Gasteiger partial charge is 0.284 e. The van der Waals surface area contributed by atoms with Gasteiger partial charge in [-0.05, 0) is 28.4 Å². The van der Waals surface area contributed by atoms with Gasteiger partial charge in [0.25, 0.3) is 11.6 Å². The van der Waals surface area contributed by atoms with E-state index in [-0.39, 0.29) is 22.3 Å². The molecule has 6 nitrogen and oxygen atoms in total. The Hall–Kier alpha value is -1.47. The zero-order valence-corrected chi connectivity index (χ0v) is 12.0. The number of aliphatic hydroxyl groups excluding tert-OH is 1. The number of carbonyl (C=O) groups excluding carboxylic acids is 1. The normalized spacial score (nSPS) is 11.9. The fraction of sp³-hybridized carbons (Fsp3) is 0.417. The van der Waals surface area contributed by atoms with Gasteiger partial charge in [0.1, 0.15) is 4.47 Å². The van der Waals surface area contributed by atoms with Crippen molar-refractivity contribution in [2.24, 2.45) is 0 Å². The van der Waals surface area contributed by atoms with E-state index in [0.29, 0.717) is 6.42 Å². The summed E-state index contributed by atoms with van der Waals surface area (Å²) >= 11 is 3.06. The van der Waals surface area contributed by atoms with Crippen LogP contribution in [0, 0.1) is 10.1 Å². The van der Waals surface area contributed by atoms with Crippen molar-refractivity contribution in [3.8, 4) is 0 Å². The van der Waals surface area contributed by atoms with Crippen molar-refractivity contribution in [3.05, 3.63) is 38.3 Å². The molecule has 1 aromatic rings. The predicted molar refractivity (Wildman–Crippen MR) is 74.0 cm³/mol. The van der Waals surface area contributed by atoms with Crippen molar-refractivity contribution in [3.63, 3.8) is 0 Å². The molecule has 0 aliphatic heterocycles. The summed E-state index contributed by atoms with van der Waals surface area (Å²) in [6.07, 6.45) is 0.805. The van der Waals surface area contributed by atoms with Crippen molar-refractivity contribution in [1.82, 2.24) is 5.32 Å². The number of nitrogens with zero attached hydrogens (tertiary/aromatic N) is 1. The number of rotatable bonds is 6. The van der Waals surface area contributed by atoms with Crippen LogP contribution in [0.4, 0.5) is 5.69 Å². The second kappa shape index (κ2) is 7.20. The fourth-order valence-corrected chi connectivity index (χ4v) is 2.17. The van der Waals surface area contributed by atoms with Gasteiger partial charge in [-0.15, -0.1) is 0 Å². The largest absolute Gasteiger partial charge is 0.391 e. The van der Waals surface area contributed by atoms with E-state index in [1.54, 1.807) is 0 Å². The number of carbonyl (C=O) groups is 1. The van der Waals surface area contributed by atoms with Gasteiger partial charge in [-0.2, -0.15) is 0 Å². The van der Waals surface area contributed by atoms with E-state index in [1.807, 2.05) is 6.92 Å². The van der Waals surface area contributed by atoms with Gasteiger partial charge in [0.15, 0.2) is 0 Å². The maximum absolute atomic E-state index is 11.9. The Morgan fingerprint density at radius 3 is 2.84 bits per heavy atom. The van der Waals surface area contributed by atoms with E-state index < -0.39 is 16.9 Å². The molecule has 7 heteroatoms. The lowest BCUT2D eigenvalue weighted by molar-refractivity contribution is -0.385. The van der Waals surface area contributed by atoms with Gasteiger partial charge < -0.3 is 10.4 Å². The highest BCUT2D eigenvalue weighted by Crippen LogP contribution is 2.28. The molecule has 1 unspecified atom stereocenters. The van der Waals surface area contributed by atoms with Crippen LogP contribution in [-0.2, 0) is 0 Å². The highest BCUT2D eigenvalue weighted by molar-refractivity contribution is 9.10. The standard InChI is InChI=1S/C12H15BrN2O4/c1-2-4-8(16)7-14-12(17)9-5-3-6-10(11(9)13)15(18)19/h3,5-6,8,16H,2,4,7H2,1H3,(H,14,17). The van der Waals surface area contributed by atoms with Crippen LogP contribution in [0.15, 0.2) is 22.7 Å². The number of hydrogen-bond donors (Lipinski definition) is 2. The van der Waals surface area contributed by atoms with E-state index in [1.165, 1.54) is 18.2 Å². The number of nitrogens with one attached hydrogen (secondary N) is 1. The summed E-state index contributed by atoms with van der Waals surface area (Å²) < 4.78 is 0.141. The van der Waals surface area contributed by atoms with Crippen molar-refractivity contribution < 1.29 is 14.8 Å². The number of benzene rings is 1. The Morgan fingerprint density at radius 1 is 1.58 bits per heavy atom. The van der Waals surface area contributed by atoms with Crippen LogP contribution in [-0.4, -0.2) is 28.6 Å². The third-order valence-corrected chi connectivity index (χ3v) is 3.37. The van der Waals surface area contributed by atoms with Gasteiger partial charge in [0, 0.05) is 12.6 Å². The Morgan fingerprint density at radius 2 is 2.26 bits per heavy atom. The lowest BCUT2D eigenvalue weighted by atomic mass is 10.1. The molecule has 0 saturated carbocycles. The molecule has 0 radical (unpaired) electrons. The van der Waals surface area contributed by atoms with Gasteiger partial charge in [-0.3, -0.25) is 14.9 Å². The first-order chi connectivity index (χ1) is 8.97. The molecule has 19 heavy (non-hydrogen) atoms. The first-order valence-electron chi connectivity index (χ1n) is 5.86. The second-order valence-corrected chi connectivity index (χ2v) is 4.84. The monoisotopic (exact) mass is 330 g/mol. The lowest BCUT2D eigenvalue weighted by Gasteiger charge is -2.11. The third kappa shape index (κ3) is 4.29. The topological polar surface area (TPSA) is 92.5 Å². The predicted octanol–water partition coefficient (Wildman–Crippen LogP) is 2.25. The van der Waals surface area contributed by atoms with Gasteiger partial charge in [-0.25, -0.2) is 0 Å². The van der Waals surface area contributed by atoms with E-state index >= 15 is 0 Å². The molecule has 0 aliphatic rings. The van der Waals surface area contributed by atoms with Crippen LogP contribution in [0.25, 0.3) is 0 Å². The summed E-state index contributed by atoms with van der Waals surface area (Å²) in [6.45, 7) is 2.06. The summed E-state index contributed by atoms with van der Waals surface area (Å²) in [5.41, 5.74) is 0.0136. The highest BCUT2D eigenvalue weighted by atomic mass is 79.9. The van der Waals surface area contributed by atoms with Gasteiger partial charge in [-0.1, -0.05) is 19.4 Å². The summed E-state index contributed by atoms with van der Waals surface area (Å²) in [7, 11) is 0. The summed E-state index contributed by atoms with van der Waals surface area (Å²) in [4.78, 5) is 22.1. The van der Waals surface area contributed by atoms with Gasteiger partial charge in [0.2, 0.25) is 0 Å². The Kier molecular flexibility index (Phi) is 5.91. The number of amides is 1. The SMILES string of the molecule is CCCC(O)CNC(=O)c1cccc([N+](=O)[O-])c1Br. The molecular formula is C12H15BrN2O4. The number of halogens is 1. The Labute approximate surface area is 119 Å². The van der Waals surface area contributed by atoms with E-state index in [9.17, 15) is 20.0 Å². The molecule has 0 bridgehead atoms. The Bertz CT molecular complexity index is 479. The van der Waals surface area contributed by atoms with Crippen LogP contribution < -0.4 is 5.32 Å². The first-order valence-corrected chi connectivity index (χ1v) is 6.65. The maximum Gasteiger partial charge on any atom is 0.284 e. The minimum atomic E-state index is -0.605. The van der Waals surface area contributed by atoms with Crippen LogP contribution in [0.5, 0.6) is 0 Å². The molecule has 0 fully saturated rings. The number of hydrogen-bond acceptors (Lipinski definition) is 4. The van der Waals surface area contributed by atoms with Crippen LogP contribution in [0.1, 0.15) is 30.1 Å². The summed E-state index contributed by atoms with van der Waals surface area (Å²) in [5.74, 6) is -0.453. The van der Waals surface area contributed by atoms with Crippen LogP contribution in [0.3, 0.4) is 0 Å². The minimum absolute atomic E-state index is 0.127. The molecule has 0 heterocycles. The van der Waals surface area contributed by atoms with E-state index in [4.69, 9.17) is 0 Å². The van der Waals surface area contributed by atoms with Crippen LogP contribution >= 0.6 is 15.9 Å².